The zero-order chi connectivity index (χ0) is 15.4. The molecule has 0 aromatic heterocycles. The molecule has 0 aromatic rings. The summed E-state index contributed by atoms with van der Waals surface area (Å²) in [5.74, 6) is -1.34. The van der Waals surface area contributed by atoms with Crippen molar-refractivity contribution >= 4 is 11.9 Å². The molecule has 0 saturated heterocycles. The number of carbonyl (C=O) groups is 2. The minimum atomic E-state index is -1.81. The van der Waals surface area contributed by atoms with Crippen LogP contribution in [0.5, 0.6) is 0 Å². The first-order chi connectivity index (χ1) is 9.44. The van der Waals surface area contributed by atoms with Gasteiger partial charge in [-0.3, -0.25) is 4.79 Å². The summed E-state index contributed by atoms with van der Waals surface area (Å²) in [6.45, 7) is 5.98. The van der Waals surface area contributed by atoms with Crippen LogP contribution in [-0.2, 0) is 19.1 Å². The van der Waals surface area contributed by atoms with Gasteiger partial charge >= 0.3 is 11.9 Å². The molecule has 0 bridgehead atoms. The van der Waals surface area contributed by atoms with E-state index < -0.39 is 17.5 Å². The predicted octanol–water partition coefficient (Wildman–Crippen LogP) is 2.59. The molecule has 5 nitrogen and oxygen atoms in total. The van der Waals surface area contributed by atoms with Crippen LogP contribution in [0.15, 0.2) is 0 Å². The van der Waals surface area contributed by atoms with Gasteiger partial charge < -0.3 is 14.6 Å². The van der Waals surface area contributed by atoms with Crippen LogP contribution in [-0.4, -0.2) is 35.9 Å². The van der Waals surface area contributed by atoms with Gasteiger partial charge in [-0.15, -0.1) is 0 Å². The lowest BCUT2D eigenvalue weighted by atomic mass is 10.0. The number of unbranched alkanes of at least 4 members (excludes halogenated alkanes) is 4. The van der Waals surface area contributed by atoms with Gasteiger partial charge in [0.15, 0.2) is 5.60 Å². The lowest BCUT2D eigenvalue weighted by Gasteiger charge is -2.20. The van der Waals surface area contributed by atoms with Crippen molar-refractivity contribution in [2.45, 2.75) is 71.3 Å². The minimum Gasteiger partial charge on any atom is -0.466 e. The molecule has 5 heteroatoms. The van der Waals surface area contributed by atoms with Gasteiger partial charge in [-0.2, -0.15) is 0 Å². The van der Waals surface area contributed by atoms with Crippen LogP contribution in [0.3, 0.4) is 0 Å². The van der Waals surface area contributed by atoms with Crippen LogP contribution in [0.2, 0.25) is 0 Å². The van der Waals surface area contributed by atoms with E-state index in [2.05, 4.69) is 6.92 Å². The monoisotopic (exact) mass is 288 g/mol. The lowest BCUT2D eigenvalue weighted by molar-refractivity contribution is -0.170. The molecule has 0 rings (SSSR count). The van der Waals surface area contributed by atoms with E-state index in [4.69, 9.17) is 9.47 Å². The van der Waals surface area contributed by atoms with Crippen LogP contribution in [0.1, 0.15) is 65.7 Å². The van der Waals surface area contributed by atoms with E-state index in [0.29, 0.717) is 6.61 Å². The van der Waals surface area contributed by atoms with Crippen LogP contribution < -0.4 is 0 Å². The molecule has 1 N–H and O–H groups in total. The molecule has 0 aliphatic rings. The third kappa shape index (κ3) is 8.91. The largest absolute Gasteiger partial charge is 0.466 e. The molecule has 0 amide bonds. The quantitative estimate of drug-likeness (QED) is 0.467. The van der Waals surface area contributed by atoms with Crippen molar-refractivity contribution in [3.63, 3.8) is 0 Å². The topological polar surface area (TPSA) is 72.8 Å². The molecule has 0 aliphatic heterocycles. The number of hydrogen-bond donors (Lipinski definition) is 1. The smallest absolute Gasteiger partial charge is 0.338 e. The normalized spacial score (nSPS) is 13.6. The maximum absolute atomic E-state index is 11.7. The van der Waals surface area contributed by atoms with Gasteiger partial charge in [0.05, 0.1) is 19.6 Å². The Balaban J connectivity index is 3.95. The zero-order valence-corrected chi connectivity index (χ0v) is 12.9. The fourth-order valence-electron chi connectivity index (χ4n) is 1.61. The Morgan fingerprint density at radius 1 is 0.950 bits per heavy atom. The lowest BCUT2D eigenvalue weighted by Crippen LogP contribution is -2.39. The summed E-state index contributed by atoms with van der Waals surface area (Å²) in [7, 11) is 0. The van der Waals surface area contributed by atoms with Gasteiger partial charge in [-0.05, 0) is 19.8 Å². The van der Waals surface area contributed by atoms with E-state index in [9.17, 15) is 14.7 Å². The third-order valence-corrected chi connectivity index (χ3v) is 2.92. The second-order valence-corrected chi connectivity index (χ2v) is 5.22. The first-order valence-corrected chi connectivity index (χ1v) is 7.49. The Labute approximate surface area is 121 Å². The number of aliphatic hydroxyl groups is 1. The van der Waals surface area contributed by atoms with Crippen LogP contribution in [0, 0.1) is 0 Å². The molecular weight excluding hydrogens is 260 g/mol. The Bertz CT molecular complexity index is 286. The summed E-state index contributed by atoms with van der Waals surface area (Å²) >= 11 is 0. The fourth-order valence-corrected chi connectivity index (χ4v) is 1.61. The van der Waals surface area contributed by atoms with Crippen molar-refractivity contribution in [2.24, 2.45) is 0 Å². The van der Waals surface area contributed by atoms with E-state index >= 15 is 0 Å². The van der Waals surface area contributed by atoms with Gasteiger partial charge in [-0.25, -0.2) is 4.79 Å². The Morgan fingerprint density at radius 3 is 1.95 bits per heavy atom. The summed E-state index contributed by atoms with van der Waals surface area (Å²) in [6.07, 6.45) is 5.22. The average molecular weight is 288 g/mol. The minimum absolute atomic E-state index is 0.272. The summed E-state index contributed by atoms with van der Waals surface area (Å²) < 4.78 is 9.92. The van der Waals surface area contributed by atoms with Crippen molar-refractivity contribution in [1.82, 2.24) is 0 Å². The van der Waals surface area contributed by atoms with Gasteiger partial charge in [0.1, 0.15) is 0 Å². The van der Waals surface area contributed by atoms with Crippen LogP contribution >= 0.6 is 0 Å². The van der Waals surface area contributed by atoms with E-state index in [-0.39, 0.29) is 13.0 Å². The van der Waals surface area contributed by atoms with E-state index in [1.807, 2.05) is 6.92 Å². The van der Waals surface area contributed by atoms with Gasteiger partial charge in [0, 0.05) is 0 Å². The fraction of sp³-hybridized carbons (Fsp3) is 0.867. The van der Waals surface area contributed by atoms with E-state index in [0.717, 1.165) is 38.5 Å². The van der Waals surface area contributed by atoms with Gasteiger partial charge in [-0.1, -0.05) is 39.5 Å². The molecule has 0 heterocycles. The molecule has 20 heavy (non-hydrogen) atoms. The predicted molar refractivity (Wildman–Crippen MR) is 76.2 cm³/mol. The second-order valence-electron chi connectivity index (χ2n) is 5.22. The van der Waals surface area contributed by atoms with Crippen LogP contribution in [0.25, 0.3) is 0 Å². The molecule has 1 unspecified atom stereocenters. The molecule has 0 radical (unpaired) electrons. The maximum atomic E-state index is 11.7. The van der Waals surface area contributed by atoms with E-state index in [1.165, 1.54) is 6.92 Å². The summed E-state index contributed by atoms with van der Waals surface area (Å²) in [5, 5.41) is 9.94. The Kier molecular flexibility index (Phi) is 10.1. The van der Waals surface area contributed by atoms with Crippen molar-refractivity contribution in [3.8, 4) is 0 Å². The molecule has 0 spiro atoms. The molecule has 0 aliphatic carbocycles. The number of rotatable bonds is 11. The highest BCUT2D eigenvalue weighted by Gasteiger charge is 2.35. The Hall–Kier alpha value is -1.10. The first-order valence-electron chi connectivity index (χ1n) is 7.49. The molecule has 0 aromatic carbocycles. The molecule has 0 saturated carbocycles. The standard InChI is InChI=1S/C15H28O5/c1-4-6-8-10-19-13(16)12-15(3,18)14(17)20-11-9-7-5-2/h18H,4-12H2,1-3H3. The molecule has 118 valence electrons. The average Bonchev–Trinajstić information content (AvgIpc) is 2.39. The summed E-state index contributed by atoms with van der Waals surface area (Å²) in [4.78, 5) is 23.2. The number of hydrogen-bond acceptors (Lipinski definition) is 5. The highest BCUT2D eigenvalue weighted by molar-refractivity contribution is 5.85. The Morgan fingerprint density at radius 2 is 1.45 bits per heavy atom. The van der Waals surface area contributed by atoms with Crippen molar-refractivity contribution < 1.29 is 24.2 Å². The zero-order valence-electron chi connectivity index (χ0n) is 12.9. The number of ether oxygens (including phenoxy) is 2. The van der Waals surface area contributed by atoms with Crippen molar-refractivity contribution in [3.05, 3.63) is 0 Å². The first kappa shape index (κ1) is 18.9. The second kappa shape index (κ2) is 10.7. The highest BCUT2D eigenvalue weighted by Crippen LogP contribution is 2.13. The van der Waals surface area contributed by atoms with E-state index in [1.54, 1.807) is 0 Å². The third-order valence-electron chi connectivity index (χ3n) is 2.92. The van der Waals surface area contributed by atoms with Crippen molar-refractivity contribution in [2.75, 3.05) is 13.2 Å². The summed E-state index contributed by atoms with van der Waals surface area (Å²) in [6, 6.07) is 0. The van der Waals surface area contributed by atoms with Gasteiger partial charge in [0.25, 0.3) is 0 Å². The molecular formula is C15H28O5. The number of esters is 2. The van der Waals surface area contributed by atoms with Crippen LogP contribution in [0.4, 0.5) is 0 Å². The highest BCUT2D eigenvalue weighted by atomic mass is 16.6. The number of carbonyl (C=O) groups excluding carboxylic acids is 2. The van der Waals surface area contributed by atoms with Gasteiger partial charge in [0.2, 0.25) is 0 Å². The summed E-state index contributed by atoms with van der Waals surface area (Å²) in [5.41, 5.74) is -1.81. The van der Waals surface area contributed by atoms with Crippen molar-refractivity contribution in [1.29, 1.82) is 0 Å². The SMILES string of the molecule is CCCCCOC(=O)CC(C)(O)C(=O)OCCCCC. The molecule has 1 atom stereocenters. The maximum Gasteiger partial charge on any atom is 0.338 e. The molecule has 0 fully saturated rings.